The molecule has 0 radical (unpaired) electrons. The van der Waals surface area contributed by atoms with Crippen LogP contribution in [0.15, 0.2) is 65.8 Å². The first kappa shape index (κ1) is 19.4. The molecule has 2 saturated carbocycles. The van der Waals surface area contributed by atoms with E-state index in [2.05, 4.69) is 44.3 Å². The summed E-state index contributed by atoms with van der Waals surface area (Å²) in [6.45, 7) is 1.95. The van der Waals surface area contributed by atoms with E-state index >= 15 is 0 Å². The van der Waals surface area contributed by atoms with Crippen molar-refractivity contribution in [2.24, 2.45) is 0 Å². The molecule has 0 saturated heterocycles. The molecule has 0 aliphatic heterocycles. The predicted octanol–water partition coefficient (Wildman–Crippen LogP) is 4.88. The minimum absolute atomic E-state index is 0.0102. The second-order valence-electron chi connectivity index (χ2n) is 8.24. The van der Waals surface area contributed by atoms with E-state index in [1.54, 1.807) is 0 Å². The molecule has 1 aromatic heterocycles. The third-order valence-corrected chi connectivity index (χ3v) is 6.81. The Labute approximate surface area is 181 Å². The molecule has 2 fully saturated rings. The van der Waals surface area contributed by atoms with E-state index in [0.717, 1.165) is 22.1 Å². The van der Waals surface area contributed by atoms with Crippen LogP contribution in [-0.4, -0.2) is 25.9 Å². The van der Waals surface area contributed by atoms with Gasteiger partial charge in [0.2, 0.25) is 5.91 Å². The van der Waals surface area contributed by atoms with Crippen LogP contribution < -0.4 is 5.32 Å². The van der Waals surface area contributed by atoms with Crippen LogP contribution in [0.4, 0.5) is 0 Å². The summed E-state index contributed by atoms with van der Waals surface area (Å²) in [6.07, 6.45) is 4.80. The third kappa shape index (κ3) is 4.15. The van der Waals surface area contributed by atoms with E-state index in [1.807, 2.05) is 43.3 Å². The zero-order valence-electron chi connectivity index (χ0n) is 17.1. The zero-order valence-corrected chi connectivity index (χ0v) is 17.9. The monoisotopic (exact) mass is 418 g/mol. The van der Waals surface area contributed by atoms with Crippen molar-refractivity contribution in [2.75, 3.05) is 0 Å². The Bertz CT molecular complexity index is 973. The van der Waals surface area contributed by atoms with Gasteiger partial charge in [-0.1, -0.05) is 72.4 Å². The van der Waals surface area contributed by atoms with E-state index in [4.69, 9.17) is 0 Å². The molecule has 5 nitrogen and oxygen atoms in total. The van der Waals surface area contributed by atoms with Gasteiger partial charge in [-0.2, -0.15) is 0 Å². The summed E-state index contributed by atoms with van der Waals surface area (Å²) in [5, 5.41) is 12.8. The normalized spacial score (nSPS) is 17.1. The van der Waals surface area contributed by atoms with Crippen molar-refractivity contribution in [3.8, 4) is 0 Å². The van der Waals surface area contributed by atoms with Crippen molar-refractivity contribution >= 4 is 17.7 Å². The zero-order chi connectivity index (χ0) is 20.5. The lowest BCUT2D eigenvalue weighted by molar-refractivity contribution is -0.120. The van der Waals surface area contributed by atoms with Crippen LogP contribution in [0.25, 0.3) is 0 Å². The first-order valence-electron chi connectivity index (χ1n) is 10.7. The predicted molar refractivity (Wildman–Crippen MR) is 118 cm³/mol. The highest BCUT2D eigenvalue weighted by Crippen LogP contribution is 2.46. The van der Waals surface area contributed by atoms with Crippen LogP contribution in [0.3, 0.4) is 0 Å². The van der Waals surface area contributed by atoms with Gasteiger partial charge >= 0.3 is 0 Å². The molecular formula is C24H26N4OS. The van der Waals surface area contributed by atoms with Crippen LogP contribution in [0, 0.1) is 0 Å². The number of amides is 1. The Morgan fingerprint density at radius 1 is 0.967 bits per heavy atom. The topological polar surface area (TPSA) is 59.8 Å². The maximum atomic E-state index is 13.2. The fourth-order valence-corrected chi connectivity index (χ4v) is 4.72. The summed E-state index contributed by atoms with van der Waals surface area (Å²) in [5.41, 5.74) is 2.15. The lowest BCUT2D eigenvalue weighted by Gasteiger charge is -2.22. The van der Waals surface area contributed by atoms with Gasteiger partial charge in [-0.3, -0.25) is 4.79 Å². The molecule has 6 heteroatoms. The van der Waals surface area contributed by atoms with Gasteiger partial charge in [-0.15, -0.1) is 10.2 Å². The average Bonchev–Trinajstić information content (AvgIpc) is 3.72. The lowest BCUT2D eigenvalue weighted by atomic mass is 9.98. The Kier molecular flexibility index (Phi) is 5.34. The first-order valence-corrected chi connectivity index (χ1v) is 11.6. The molecule has 1 heterocycles. The summed E-state index contributed by atoms with van der Waals surface area (Å²) in [7, 11) is 0. The molecule has 2 aliphatic carbocycles. The van der Waals surface area contributed by atoms with Crippen LogP contribution in [0.5, 0.6) is 0 Å². The minimum Gasteiger partial charge on any atom is -0.344 e. The maximum absolute atomic E-state index is 13.2. The smallest absolute Gasteiger partial charge is 0.234 e. The number of thioether (sulfide) groups is 1. The van der Waals surface area contributed by atoms with Gasteiger partial charge in [-0.05, 0) is 43.7 Å². The van der Waals surface area contributed by atoms with Crippen LogP contribution in [0.2, 0.25) is 0 Å². The number of hydrogen-bond acceptors (Lipinski definition) is 4. The molecular weight excluding hydrogens is 392 g/mol. The number of hydrogen-bond donors (Lipinski definition) is 1. The highest BCUT2D eigenvalue weighted by Gasteiger charge is 2.37. The van der Waals surface area contributed by atoms with Crippen molar-refractivity contribution in [1.29, 1.82) is 0 Å². The Morgan fingerprint density at radius 3 is 2.10 bits per heavy atom. The van der Waals surface area contributed by atoms with Gasteiger partial charge in [0.25, 0.3) is 0 Å². The van der Waals surface area contributed by atoms with Gasteiger partial charge in [0.15, 0.2) is 5.16 Å². The number of nitrogens with one attached hydrogen (secondary N) is 1. The fourth-order valence-electron chi connectivity index (χ4n) is 3.79. The SMILES string of the molecule is C[C@H](Sc1nnc(C2CC2)n1C1CC1)C(=O)NC(c1ccccc1)c1ccccc1. The molecule has 154 valence electrons. The summed E-state index contributed by atoms with van der Waals surface area (Å²) in [6, 6.07) is 20.6. The highest BCUT2D eigenvalue weighted by atomic mass is 32.2. The quantitative estimate of drug-likeness (QED) is 0.530. The second kappa shape index (κ2) is 8.26. The van der Waals surface area contributed by atoms with Gasteiger partial charge in [0.05, 0.1) is 11.3 Å². The van der Waals surface area contributed by atoms with Gasteiger partial charge in [0.1, 0.15) is 5.82 Å². The van der Waals surface area contributed by atoms with Crippen molar-refractivity contribution in [3.05, 3.63) is 77.6 Å². The van der Waals surface area contributed by atoms with Crippen molar-refractivity contribution in [3.63, 3.8) is 0 Å². The maximum Gasteiger partial charge on any atom is 0.234 e. The number of nitrogens with zero attached hydrogens (tertiary/aromatic N) is 3. The van der Waals surface area contributed by atoms with E-state index in [-0.39, 0.29) is 17.2 Å². The van der Waals surface area contributed by atoms with Crippen LogP contribution in [-0.2, 0) is 4.79 Å². The summed E-state index contributed by atoms with van der Waals surface area (Å²) in [4.78, 5) is 13.2. The molecule has 1 N–H and O–H groups in total. The van der Waals surface area contributed by atoms with Crippen molar-refractivity contribution in [1.82, 2.24) is 20.1 Å². The van der Waals surface area contributed by atoms with E-state index in [0.29, 0.717) is 12.0 Å². The number of rotatable bonds is 8. The standard InChI is InChI=1S/C24H26N4OS/c1-16(30-24-27-26-22(19-12-13-19)28(24)20-14-15-20)23(29)25-21(17-8-4-2-5-9-17)18-10-6-3-7-11-18/h2-11,16,19-21H,12-15H2,1H3,(H,25,29)/t16-/m0/s1. The van der Waals surface area contributed by atoms with Gasteiger partial charge in [0, 0.05) is 12.0 Å². The molecule has 3 aromatic rings. The molecule has 5 rings (SSSR count). The molecule has 0 unspecified atom stereocenters. The molecule has 30 heavy (non-hydrogen) atoms. The Morgan fingerprint density at radius 2 is 1.57 bits per heavy atom. The van der Waals surface area contributed by atoms with Gasteiger partial charge < -0.3 is 9.88 Å². The summed E-state index contributed by atoms with van der Waals surface area (Å²) < 4.78 is 2.30. The highest BCUT2D eigenvalue weighted by molar-refractivity contribution is 8.00. The molecule has 0 bridgehead atoms. The fraction of sp³-hybridized carbons (Fsp3) is 0.375. The number of aromatic nitrogens is 3. The average molecular weight is 419 g/mol. The number of benzene rings is 2. The third-order valence-electron chi connectivity index (χ3n) is 5.75. The summed E-state index contributed by atoms with van der Waals surface area (Å²) in [5.74, 6) is 1.70. The molecule has 1 atom stereocenters. The Balaban J connectivity index is 1.34. The Hall–Kier alpha value is -2.60. The number of carbonyl (C=O) groups excluding carboxylic acids is 1. The largest absolute Gasteiger partial charge is 0.344 e. The first-order chi connectivity index (χ1) is 14.7. The molecule has 1 amide bonds. The van der Waals surface area contributed by atoms with Gasteiger partial charge in [-0.25, -0.2) is 0 Å². The molecule has 0 spiro atoms. The molecule has 2 aromatic carbocycles. The van der Waals surface area contributed by atoms with E-state index in [9.17, 15) is 4.79 Å². The molecule has 2 aliphatic rings. The number of carbonyl (C=O) groups is 1. The van der Waals surface area contributed by atoms with Crippen molar-refractivity contribution in [2.45, 2.75) is 61.0 Å². The summed E-state index contributed by atoms with van der Waals surface area (Å²) >= 11 is 1.52. The minimum atomic E-state index is -0.256. The van der Waals surface area contributed by atoms with Crippen molar-refractivity contribution < 1.29 is 4.79 Å². The lowest BCUT2D eigenvalue weighted by Crippen LogP contribution is -2.35. The second-order valence-corrected chi connectivity index (χ2v) is 9.55. The van der Waals surface area contributed by atoms with E-state index in [1.165, 1.54) is 37.4 Å². The van der Waals surface area contributed by atoms with Crippen LogP contribution >= 0.6 is 11.8 Å². The van der Waals surface area contributed by atoms with E-state index < -0.39 is 0 Å². The van der Waals surface area contributed by atoms with Crippen LogP contribution in [0.1, 0.15) is 67.6 Å².